The van der Waals surface area contributed by atoms with Gasteiger partial charge in [-0.1, -0.05) is 48.3 Å². The van der Waals surface area contributed by atoms with Gasteiger partial charge in [0.1, 0.15) is 0 Å². The Hall–Kier alpha value is -0.330. The van der Waals surface area contributed by atoms with Crippen LogP contribution in [-0.4, -0.2) is 16.9 Å². The van der Waals surface area contributed by atoms with Gasteiger partial charge in [-0.25, -0.2) is 0 Å². The maximum absolute atomic E-state index is 11.1. The van der Waals surface area contributed by atoms with Gasteiger partial charge in [0.15, 0.2) is 0 Å². The highest BCUT2D eigenvalue weighted by atomic mass is 79.9. The molecule has 0 aliphatic carbocycles. The number of ether oxygens (including phenoxy) is 1. The molecule has 0 amide bonds. The normalized spacial score (nSPS) is 13.1. The zero-order valence-electron chi connectivity index (χ0n) is 11.5. The fraction of sp³-hybridized carbons (Fsp3) is 0.538. The Morgan fingerprint density at radius 1 is 1.45 bits per heavy atom. The Balaban J connectivity index is 3.01. The van der Waals surface area contributed by atoms with Crippen LogP contribution in [0.4, 0.5) is 5.69 Å². The van der Waals surface area contributed by atoms with Gasteiger partial charge < -0.3 is 4.74 Å². The molecule has 1 aromatic carbocycles. The van der Waals surface area contributed by atoms with Crippen molar-refractivity contribution in [3.05, 3.63) is 31.7 Å². The first-order chi connectivity index (χ1) is 9.16. The summed E-state index contributed by atoms with van der Waals surface area (Å²) in [5.74, 6) is 0.444. The molecule has 0 heterocycles. The third-order valence-corrected chi connectivity index (χ3v) is 4.61. The summed E-state index contributed by atoms with van der Waals surface area (Å²) >= 11 is 12.6. The zero-order valence-corrected chi connectivity index (χ0v) is 15.4. The molecule has 7 heteroatoms. The van der Waals surface area contributed by atoms with Crippen LogP contribution in [0.2, 0.25) is 5.02 Å². The lowest BCUT2D eigenvalue weighted by Gasteiger charge is -2.29. The minimum atomic E-state index is -0.494. The molecule has 0 aromatic heterocycles. The Morgan fingerprint density at radius 2 is 2.05 bits per heavy atom. The molecule has 1 unspecified atom stereocenters. The van der Waals surface area contributed by atoms with E-state index in [1.54, 1.807) is 6.07 Å². The van der Waals surface area contributed by atoms with Gasteiger partial charge in [-0.15, -0.1) is 0 Å². The van der Waals surface area contributed by atoms with E-state index in [1.807, 2.05) is 0 Å². The molecule has 4 nitrogen and oxygen atoms in total. The minimum absolute atomic E-state index is 0.0389. The highest BCUT2D eigenvalue weighted by molar-refractivity contribution is 9.10. The lowest BCUT2D eigenvalue weighted by atomic mass is 9.83. The number of hydrogen-bond acceptors (Lipinski definition) is 3. The summed E-state index contributed by atoms with van der Waals surface area (Å²) in [5, 5.41) is 12.1. The number of halogens is 3. The summed E-state index contributed by atoms with van der Waals surface area (Å²) in [5.41, 5.74) is -0.0939. The van der Waals surface area contributed by atoms with Gasteiger partial charge >= 0.3 is 5.69 Å². The Kier molecular flexibility index (Phi) is 6.28. The maximum Gasteiger partial charge on any atom is 0.313 e. The van der Waals surface area contributed by atoms with E-state index in [2.05, 4.69) is 52.6 Å². The zero-order chi connectivity index (χ0) is 15.5. The van der Waals surface area contributed by atoms with Gasteiger partial charge in [0.2, 0.25) is 5.75 Å². The van der Waals surface area contributed by atoms with Crippen molar-refractivity contribution in [2.45, 2.75) is 20.8 Å². The largest absolute Gasteiger partial charge is 0.486 e. The molecule has 0 fully saturated rings. The monoisotopic (exact) mass is 427 g/mol. The standard InChI is InChI=1S/C13H16Br2ClNO3/c1-13(2,3)8(6-14)7-20-12-10(15)4-9(16)5-11(12)17(18)19/h4-5,8H,6-7H2,1-3H3. The van der Waals surface area contributed by atoms with Crippen LogP contribution in [0.15, 0.2) is 16.6 Å². The van der Waals surface area contributed by atoms with E-state index in [1.165, 1.54) is 6.07 Å². The molecule has 0 N–H and O–H groups in total. The molecule has 112 valence electrons. The predicted molar refractivity (Wildman–Crippen MR) is 88.0 cm³/mol. The van der Waals surface area contributed by atoms with Crippen molar-refractivity contribution in [2.75, 3.05) is 11.9 Å². The van der Waals surface area contributed by atoms with Crippen molar-refractivity contribution in [3.63, 3.8) is 0 Å². The number of benzene rings is 1. The molecule has 1 atom stereocenters. The van der Waals surface area contributed by atoms with E-state index in [-0.39, 0.29) is 22.8 Å². The van der Waals surface area contributed by atoms with Crippen molar-refractivity contribution in [1.29, 1.82) is 0 Å². The van der Waals surface area contributed by atoms with Crippen molar-refractivity contribution >= 4 is 49.1 Å². The van der Waals surface area contributed by atoms with E-state index >= 15 is 0 Å². The third kappa shape index (κ3) is 4.60. The molecule has 20 heavy (non-hydrogen) atoms. The van der Waals surface area contributed by atoms with Crippen LogP contribution in [0.25, 0.3) is 0 Å². The average Bonchev–Trinajstić information content (AvgIpc) is 2.29. The third-order valence-electron chi connectivity index (χ3n) is 3.03. The van der Waals surface area contributed by atoms with Gasteiger partial charge in [0, 0.05) is 22.3 Å². The Labute approximate surface area is 140 Å². The average molecular weight is 430 g/mol. The molecule has 0 bridgehead atoms. The second-order valence-corrected chi connectivity index (χ2v) is 7.46. The lowest BCUT2D eigenvalue weighted by Crippen LogP contribution is -2.28. The highest BCUT2D eigenvalue weighted by Gasteiger charge is 2.27. The van der Waals surface area contributed by atoms with Crippen LogP contribution in [0, 0.1) is 21.4 Å². The first-order valence-electron chi connectivity index (χ1n) is 5.99. The Morgan fingerprint density at radius 3 is 2.50 bits per heavy atom. The van der Waals surface area contributed by atoms with Gasteiger partial charge in [-0.3, -0.25) is 10.1 Å². The first kappa shape index (κ1) is 17.7. The quantitative estimate of drug-likeness (QED) is 0.355. The smallest absolute Gasteiger partial charge is 0.313 e. The van der Waals surface area contributed by atoms with Crippen LogP contribution in [-0.2, 0) is 0 Å². The molecule has 0 saturated carbocycles. The fourth-order valence-electron chi connectivity index (χ4n) is 1.54. The lowest BCUT2D eigenvalue weighted by molar-refractivity contribution is -0.386. The molecule has 0 spiro atoms. The van der Waals surface area contributed by atoms with Crippen LogP contribution >= 0.6 is 43.5 Å². The predicted octanol–water partition coefficient (Wildman–Crippen LogP) is 5.45. The summed E-state index contributed by atoms with van der Waals surface area (Å²) in [4.78, 5) is 10.6. The van der Waals surface area contributed by atoms with Gasteiger partial charge in [0.25, 0.3) is 0 Å². The molecule has 0 aliphatic rings. The topological polar surface area (TPSA) is 52.4 Å². The molecule has 0 saturated heterocycles. The van der Waals surface area contributed by atoms with E-state index in [0.29, 0.717) is 16.1 Å². The number of rotatable bonds is 5. The van der Waals surface area contributed by atoms with Crippen molar-refractivity contribution in [2.24, 2.45) is 11.3 Å². The highest BCUT2D eigenvalue weighted by Crippen LogP contribution is 2.39. The van der Waals surface area contributed by atoms with E-state index in [9.17, 15) is 10.1 Å². The maximum atomic E-state index is 11.1. The van der Waals surface area contributed by atoms with Crippen LogP contribution in [0.3, 0.4) is 0 Å². The Bertz CT molecular complexity index is 503. The van der Waals surface area contributed by atoms with E-state index < -0.39 is 4.92 Å². The SMILES string of the molecule is CC(C)(C)C(CBr)COc1c(Br)cc(Cl)cc1[N+](=O)[O-]. The summed E-state index contributed by atoms with van der Waals surface area (Å²) in [6.07, 6.45) is 0. The molecule has 0 radical (unpaired) electrons. The summed E-state index contributed by atoms with van der Waals surface area (Å²) in [6.45, 7) is 6.70. The summed E-state index contributed by atoms with van der Waals surface area (Å²) in [7, 11) is 0. The molecular weight excluding hydrogens is 413 g/mol. The van der Waals surface area contributed by atoms with Gasteiger partial charge in [0.05, 0.1) is 16.0 Å². The second kappa shape index (κ2) is 7.09. The van der Waals surface area contributed by atoms with E-state index in [0.717, 1.165) is 5.33 Å². The van der Waals surface area contributed by atoms with Crippen molar-refractivity contribution in [1.82, 2.24) is 0 Å². The van der Waals surface area contributed by atoms with Crippen molar-refractivity contribution in [3.8, 4) is 5.75 Å². The molecular formula is C13H16Br2ClNO3. The van der Waals surface area contributed by atoms with E-state index in [4.69, 9.17) is 16.3 Å². The molecule has 1 aromatic rings. The number of nitrogens with zero attached hydrogens (tertiary/aromatic N) is 1. The summed E-state index contributed by atoms with van der Waals surface area (Å²) in [6, 6.07) is 2.88. The first-order valence-corrected chi connectivity index (χ1v) is 8.28. The molecule has 1 rings (SSSR count). The number of alkyl halides is 1. The number of hydrogen-bond donors (Lipinski definition) is 0. The number of nitro benzene ring substituents is 1. The second-order valence-electron chi connectivity index (χ2n) is 5.52. The fourth-order valence-corrected chi connectivity index (χ4v) is 3.60. The number of nitro groups is 1. The van der Waals surface area contributed by atoms with Crippen LogP contribution in [0.5, 0.6) is 5.75 Å². The van der Waals surface area contributed by atoms with Gasteiger partial charge in [-0.05, 0) is 27.4 Å². The molecule has 0 aliphatic heterocycles. The van der Waals surface area contributed by atoms with Crippen LogP contribution < -0.4 is 4.74 Å². The summed E-state index contributed by atoms with van der Waals surface area (Å²) < 4.78 is 6.17. The van der Waals surface area contributed by atoms with Crippen molar-refractivity contribution < 1.29 is 9.66 Å². The minimum Gasteiger partial charge on any atom is -0.486 e. The van der Waals surface area contributed by atoms with Crippen LogP contribution in [0.1, 0.15) is 20.8 Å². The van der Waals surface area contributed by atoms with Gasteiger partial charge in [-0.2, -0.15) is 0 Å².